The molecule has 3 aliphatic rings. The molecule has 4 nitrogen and oxygen atoms in total. The van der Waals surface area contributed by atoms with Gasteiger partial charge >= 0.3 is 0 Å². The number of rotatable bonds is 7. The van der Waals surface area contributed by atoms with Gasteiger partial charge in [0.05, 0.1) is 0 Å². The van der Waals surface area contributed by atoms with Crippen LogP contribution in [0.25, 0.3) is 0 Å². The first-order chi connectivity index (χ1) is 11.2. The van der Waals surface area contributed by atoms with Crippen LogP contribution in [-0.4, -0.2) is 40.8 Å². The summed E-state index contributed by atoms with van der Waals surface area (Å²) in [5.41, 5.74) is 0. The van der Waals surface area contributed by atoms with Gasteiger partial charge in [-0.3, -0.25) is 9.20 Å². The van der Waals surface area contributed by atoms with Crippen LogP contribution in [0.15, 0.2) is 4.99 Å². The zero-order chi connectivity index (χ0) is 16.2. The van der Waals surface area contributed by atoms with Crippen LogP contribution in [-0.2, 0) is 10.8 Å². The quantitative estimate of drug-likeness (QED) is 0.554. The maximum absolute atomic E-state index is 12.1. The number of nitrogens with zero attached hydrogens (tertiary/aromatic N) is 1. The Balaban J connectivity index is 1.46. The molecule has 0 amide bonds. The molecule has 0 spiro atoms. The molecule has 0 saturated heterocycles. The smallest absolute Gasteiger partial charge is 0.191 e. The maximum Gasteiger partial charge on any atom is 0.191 e. The van der Waals surface area contributed by atoms with Crippen molar-refractivity contribution in [2.45, 2.75) is 69.6 Å². The molecule has 0 aromatic heterocycles. The lowest BCUT2D eigenvalue weighted by Gasteiger charge is -2.30. The minimum absolute atomic E-state index is 0.370. The third-order valence-corrected chi connectivity index (χ3v) is 7.55. The summed E-state index contributed by atoms with van der Waals surface area (Å²) >= 11 is 0. The monoisotopic (exact) mass is 339 g/mol. The Morgan fingerprint density at radius 2 is 1.87 bits per heavy atom. The van der Waals surface area contributed by atoms with Crippen molar-refractivity contribution in [1.29, 1.82) is 0 Å². The van der Waals surface area contributed by atoms with Crippen molar-refractivity contribution >= 4 is 16.8 Å². The van der Waals surface area contributed by atoms with Crippen LogP contribution in [0.4, 0.5) is 0 Å². The molecule has 0 aromatic rings. The van der Waals surface area contributed by atoms with Crippen LogP contribution in [0.5, 0.6) is 0 Å². The molecule has 0 heterocycles. The molecule has 3 aliphatic carbocycles. The van der Waals surface area contributed by atoms with Crippen LogP contribution >= 0.6 is 0 Å². The standard InChI is InChI=1S/C18H33N3OS/c1-3-23(22)16-6-4-5-15(11-16)21-18(19-2)20-12-17(13-7-8-13)14-9-10-14/h13-17H,3-12H2,1-2H3,(H2,19,20,21). The van der Waals surface area contributed by atoms with Gasteiger partial charge in [-0.25, -0.2) is 0 Å². The van der Waals surface area contributed by atoms with E-state index < -0.39 is 10.8 Å². The van der Waals surface area contributed by atoms with E-state index in [0.717, 1.165) is 48.9 Å². The van der Waals surface area contributed by atoms with Crippen LogP contribution in [0.3, 0.4) is 0 Å². The van der Waals surface area contributed by atoms with Gasteiger partial charge in [0, 0.05) is 41.4 Å². The van der Waals surface area contributed by atoms with Crippen molar-refractivity contribution < 1.29 is 4.21 Å². The van der Waals surface area contributed by atoms with E-state index in [1.807, 2.05) is 14.0 Å². The molecule has 3 fully saturated rings. The molecule has 0 radical (unpaired) electrons. The van der Waals surface area contributed by atoms with Gasteiger partial charge in [-0.1, -0.05) is 13.3 Å². The predicted molar refractivity (Wildman–Crippen MR) is 98.2 cm³/mol. The fraction of sp³-hybridized carbons (Fsp3) is 0.944. The van der Waals surface area contributed by atoms with Crippen LogP contribution < -0.4 is 10.6 Å². The summed E-state index contributed by atoms with van der Waals surface area (Å²) in [6, 6.07) is 0.427. The van der Waals surface area contributed by atoms with Gasteiger partial charge in [0.15, 0.2) is 5.96 Å². The lowest BCUT2D eigenvalue weighted by molar-refractivity contribution is 0.390. The average molecular weight is 340 g/mol. The molecule has 0 aliphatic heterocycles. The topological polar surface area (TPSA) is 53.5 Å². The summed E-state index contributed by atoms with van der Waals surface area (Å²) in [7, 11) is 1.21. The zero-order valence-electron chi connectivity index (χ0n) is 14.7. The summed E-state index contributed by atoms with van der Waals surface area (Å²) in [6.07, 6.45) is 10.2. The first-order valence-electron chi connectivity index (χ1n) is 9.55. The van der Waals surface area contributed by atoms with Crippen molar-refractivity contribution in [3.05, 3.63) is 0 Å². The molecule has 3 saturated carbocycles. The van der Waals surface area contributed by atoms with E-state index in [-0.39, 0.29) is 0 Å². The first-order valence-corrected chi connectivity index (χ1v) is 10.9. The highest BCUT2D eigenvalue weighted by molar-refractivity contribution is 7.85. The third kappa shape index (κ3) is 4.94. The van der Waals surface area contributed by atoms with Crippen molar-refractivity contribution in [3.63, 3.8) is 0 Å². The van der Waals surface area contributed by atoms with E-state index in [1.54, 1.807) is 0 Å². The molecule has 23 heavy (non-hydrogen) atoms. The Labute approximate surface area is 143 Å². The molecule has 0 aromatic carbocycles. The van der Waals surface area contributed by atoms with E-state index in [1.165, 1.54) is 38.5 Å². The van der Waals surface area contributed by atoms with E-state index in [0.29, 0.717) is 11.3 Å². The third-order valence-electron chi connectivity index (χ3n) is 5.81. The van der Waals surface area contributed by atoms with Gasteiger partial charge in [0.2, 0.25) is 0 Å². The highest BCUT2D eigenvalue weighted by atomic mass is 32.2. The van der Waals surface area contributed by atoms with Crippen molar-refractivity contribution in [3.8, 4) is 0 Å². The summed E-state index contributed by atoms with van der Waals surface area (Å²) in [6.45, 7) is 3.11. The SMILES string of the molecule is CCS(=O)C1CCCC(NC(=NC)NCC(C2CC2)C2CC2)C1. The van der Waals surface area contributed by atoms with E-state index >= 15 is 0 Å². The lowest BCUT2D eigenvalue weighted by Crippen LogP contribution is -2.47. The van der Waals surface area contributed by atoms with Gasteiger partial charge < -0.3 is 10.6 Å². The van der Waals surface area contributed by atoms with E-state index in [4.69, 9.17) is 0 Å². The second-order valence-corrected chi connectivity index (χ2v) is 9.60. The highest BCUT2D eigenvalue weighted by Crippen LogP contribution is 2.48. The molecule has 3 atom stereocenters. The fourth-order valence-corrected chi connectivity index (χ4v) is 5.47. The van der Waals surface area contributed by atoms with E-state index in [2.05, 4.69) is 15.6 Å². The number of nitrogens with one attached hydrogen (secondary N) is 2. The van der Waals surface area contributed by atoms with Gasteiger partial charge in [0.25, 0.3) is 0 Å². The van der Waals surface area contributed by atoms with Crippen LogP contribution in [0.1, 0.15) is 58.3 Å². The van der Waals surface area contributed by atoms with Gasteiger partial charge in [-0.15, -0.1) is 0 Å². The summed E-state index contributed by atoms with van der Waals surface area (Å²) in [4.78, 5) is 4.42. The number of guanidine groups is 1. The number of hydrogen-bond acceptors (Lipinski definition) is 2. The molecule has 3 rings (SSSR count). The van der Waals surface area contributed by atoms with Crippen LogP contribution in [0.2, 0.25) is 0 Å². The molecule has 0 bridgehead atoms. The second kappa shape index (κ2) is 8.00. The van der Waals surface area contributed by atoms with Gasteiger partial charge in [0.1, 0.15) is 0 Å². The van der Waals surface area contributed by atoms with Crippen molar-refractivity contribution in [2.75, 3.05) is 19.3 Å². The molecular weight excluding hydrogens is 306 g/mol. The normalized spacial score (nSPS) is 30.3. The maximum atomic E-state index is 12.1. The number of hydrogen-bond donors (Lipinski definition) is 2. The molecule has 3 unspecified atom stereocenters. The van der Waals surface area contributed by atoms with Gasteiger partial charge in [-0.05, 0) is 62.7 Å². The van der Waals surface area contributed by atoms with Gasteiger partial charge in [-0.2, -0.15) is 0 Å². The second-order valence-electron chi connectivity index (χ2n) is 7.59. The lowest BCUT2D eigenvalue weighted by atomic mass is 9.95. The summed E-state index contributed by atoms with van der Waals surface area (Å²) in [5.74, 6) is 4.54. The predicted octanol–water partition coefficient (Wildman–Crippen LogP) is 2.67. The fourth-order valence-electron chi connectivity index (χ4n) is 4.12. The Kier molecular flexibility index (Phi) is 6.00. The van der Waals surface area contributed by atoms with Crippen molar-refractivity contribution in [2.24, 2.45) is 22.7 Å². The summed E-state index contributed by atoms with van der Waals surface area (Å²) in [5, 5.41) is 7.54. The number of aliphatic imine (C=N–C) groups is 1. The van der Waals surface area contributed by atoms with E-state index in [9.17, 15) is 4.21 Å². The highest BCUT2D eigenvalue weighted by Gasteiger charge is 2.41. The van der Waals surface area contributed by atoms with Crippen LogP contribution in [0, 0.1) is 17.8 Å². The minimum atomic E-state index is -0.658. The largest absolute Gasteiger partial charge is 0.356 e. The zero-order valence-corrected chi connectivity index (χ0v) is 15.5. The minimum Gasteiger partial charge on any atom is -0.356 e. The Bertz CT molecular complexity index is 434. The molecular formula is C18H33N3OS. The summed E-state index contributed by atoms with van der Waals surface area (Å²) < 4.78 is 12.1. The molecule has 2 N–H and O–H groups in total. The molecule has 5 heteroatoms. The molecule has 132 valence electrons. The Hall–Kier alpha value is -0.580. The van der Waals surface area contributed by atoms with Crippen molar-refractivity contribution in [1.82, 2.24) is 10.6 Å². The Morgan fingerprint density at radius 3 is 2.43 bits per heavy atom. The Morgan fingerprint density at radius 1 is 1.17 bits per heavy atom. The average Bonchev–Trinajstić information content (AvgIpc) is 3.47. The first kappa shape index (κ1) is 17.2.